The van der Waals surface area contributed by atoms with Crippen molar-refractivity contribution in [3.8, 4) is 0 Å². The first-order valence-electron chi connectivity index (χ1n) is 5.20. The number of nitrogens with one attached hydrogen (secondary N) is 1. The molecule has 1 aromatic rings. The molecule has 0 aliphatic carbocycles. The zero-order valence-corrected chi connectivity index (χ0v) is 9.21. The van der Waals surface area contributed by atoms with Crippen LogP contribution in [-0.2, 0) is 14.3 Å². The molecule has 0 amide bonds. The van der Waals surface area contributed by atoms with Crippen LogP contribution in [0.1, 0.15) is 26.0 Å². The predicted molar refractivity (Wildman–Crippen MR) is 56.2 cm³/mol. The Bertz CT molecular complexity index is 532. The lowest BCUT2D eigenvalue weighted by molar-refractivity contribution is -0.178. The number of aromatic amines is 1. The van der Waals surface area contributed by atoms with Gasteiger partial charge in [0.1, 0.15) is 6.23 Å². The Labute approximate surface area is 96.0 Å². The highest BCUT2D eigenvalue weighted by molar-refractivity contribution is 5.66. The van der Waals surface area contributed by atoms with Crippen molar-refractivity contribution in [2.75, 3.05) is 0 Å². The van der Waals surface area contributed by atoms with Crippen LogP contribution in [0.3, 0.4) is 0 Å². The minimum atomic E-state index is -0.628. The summed E-state index contributed by atoms with van der Waals surface area (Å²) < 4.78 is 11.5. The summed E-state index contributed by atoms with van der Waals surface area (Å²) in [5, 5.41) is 0. The van der Waals surface area contributed by atoms with Crippen LogP contribution in [0.25, 0.3) is 0 Å². The second-order valence-corrected chi connectivity index (χ2v) is 3.72. The molecule has 1 saturated heterocycles. The van der Waals surface area contributed by atoms with Gasteiger partial charge in [-0.05, 0) is 6.42 Å². The van der Waals surface area contributed by atoms with Gasteiger partial charge in [0, 0.05) is 25.6 Å². The van der Waals surface area contributed by atoms with Crippen molar-refractivity contribution in [3.63, 3.8) is 0 Å². The Kier molecular flexibility index (Phi) is 3.10. The molecule has 1 N–H and O–H groups in total. The highest BCUT2D eigenvalue weighted by Crippen LogP contribution is 2.27. The molecule has 0 aromatic carbocycles. The summed E-state index contributed by atoms with van der Waals surface area (Å²) in [4.78, 5) is 35.2. The smallest absolute Gasteiger partial charge is 0.330 e. The second kappa shape index (κ2) is 4.54. The van der Waals surface area contributed by atoms with Crippen molar-refractivity contribution in [2.24, 2.45) is 0 Å². The van der Waals surface area contributed by atoms with Crippen LogP contribution in [0.15, 0.2) is 21.9 Å². The molecule has 0 bridgehead atoms. The second-order valence-electron chi connectivity index (χ2n) is 3.72. The van der Waals surface area contributed by atoms with Gasteiger partial charge in [-0.1, -0.05) is 0 Å². The van der Waals surface area contributed by atoms with Gasteiger partial charge in [0.15, 0.2) is 0 Å². The molecule has 0 radical (unpaired) electrons. The number of hydrogen-bond donors (Lipinski definition) is 1. The molecule has 92 valence electrons. The third-order valence-electron chi connectivity index (χ3n) is 2.42. The minimum absolute atomic E-state index is 0.426. The van der Waals surface area contributed by atoms with Gasteiger partial charge in [0.25, 0.3) is 5.56 Å². The number of hydrogen-bond acceptors (Lipinski definition) is 5. The summed E-state index contributed by atoms with van der Waals surface area (Å²) in [5.74, 6) is -0.426. The Balaban J connectivity index is 2.12. The highest BCUT2D eigenvalue weighted by atomic mass is 16.7. The lowest BCUT2D eigenvalue weighted by atomic mass is 10.3. The number of nitrogens with zero attached hydrogens (tertiary/aromatic N) is 1. The van der Waals surface area contributed by atoms with Gasteiger partial charge >= 0.3 is 11.7 Å². The van der Waals surface area contributed by atoms with E-state index in [1.807, 2.05) is 0 Å². The molecule has 1 aromatic heterocycles. The quantitative estimate of drug-likeness (QED) is 0.719. The summed E-state index contributed by atoms with van der Waals surface area (Å²) in [6.07, 6.45) is 1.29. The molecule has 2 rings (SSSR count). The Morgan fingerprint density at radius 3 is 2.94 bits per heavy atom. The first-order chi connectivity index (χ1) is 8.06. The maximum absolute atomic E-state index is 11.5. The van der Waals surface area contributed by atoms with E-state index in [0.717, 1.165) is 0 Å². The van der Waals surface area contributed by atoms with Gasteiger partial charge in [0.2, 0.25) is 6.29 Å². The number of ether oxygens (including phenoxy) is 2. The fourth-order valence-electron chi connectivity index (χ4n) is 1.72. The summed E-state index contributed by atoms with van der Waals surface area (Å²) in [6, 6.07) is 1.24. The number of H-pyrrole nitrogens is 1. The van der Waals surface area contributed by atoms with Crippen molar-refractivity contribution in [3.05, 3.63) is 33.1 Å². The number of carbonyl (C=O) groups excluding carboxylic acids is 1. The van der Waals surface area contributed by atoms with Crippen LogP contribution < -0.4 is 11.2 Å². The maximum Gasteiger partial charge on any atom is 0.330 e. The number of aromatic nitrogens is 2. The van der Waals surface area contributed by atoms with Crippen LogP contribution in [0.2, 0.25) is 0 Å². The van der Waals surface area contributed by atoms with Crippen molar-refractivity contribution >= 4 is 5.97 Å². The molecule has 0 spiro atoms. The SMILES string of the molecule is CC(=O)O[C@@H]1CC[C@H](n2ccc(=O)[nH]c2=O)O1. The zero-order chi connectivity index (χ0) is 12.4. The van der Waals surface area contributed by atoms with Gasteiger partial charge in [-0.25, -0.2) is 4.79 Å². The van der Waals surface area contributed by atoms with Gasteiger partial charge in [-0.3, -0.25) is 19.1 Å². The first kappa shape index (κ1) is 11.6. The standard InChI is InChI=1S/C10H12N2O5/c1-6(13)16-9-3-2-8(17-9)12-5-4-7(14)11-10(12)15/h4-5,8-9H,2-3H2,1H3,(H,11,14,15)/t8-,9+/m1/s1. The molecule has 1 aliphatic rings. The van der Waals surface area contributed by atoms with E-state index >= 15 is 0 Å². The van der Waals surface area contributed by atoms with E-state index < -0.39 is 29.7 Å². The lowest BCUT2D eigenvalue weighted by Crippen LogP contribution is -2.31. The Hall–Kier alpha value is -1.89. The normalized spacial score (nSPS) is 23.6. The molecule has 2 atom stereocenters. The average Bonchev–Trinajstić information content (AvgIpc) is 2.65. The summed E-state index contributed by atoms with van der Waals surface area (Å²) in [6.45, 7) is 1.29. The van der Waals surface area contributed by atoms with Crippen molar-refractivity contribution in [2.45, 2.75) is 32.3 Å². The fraction of sp³-hybridized carbons (Fsp3) is 0.500. The molecule has 7 heteroatoms. The predicted octanol–water partition coefficient (Wildman–Crippen LogP) is -0.265. The van der Waals surface area contributed by atoms with Gasteiger partial charge in [-0.15, -0.1) is 0 Å². The van der Waals surface area contributed by atoms with Crippen LogP contribution >= 0.6 is 0 Å². The summed E-state index contributed by atoms with van der Waals surface area (Å²) >= 11 is 0. The Morgan fingerprint density at radius 2 is 2.29 bits per heavy atom. The molecule has 0 unspecified atom stereocenters. The van der Waals surface area contributed by atoms with Gasteiger partial charge in [0.05, 0.1) is 0 Å². The monoisotopic (exact) mass is 240 g/mol. The van der Waals surface area contributed by atoms with Crippen LogP contribution in [0.4, 0.5) is 0 Å². The van der Waals surface area contributed by atoms with Crippen molar-refractivity contribution in [1.82, 2.24) is 9.55 Å². The van der Waals surface area contributed by atoms with Crippen LogP contribution in [0, 0.1) is 0 Å². The molecule has 1 fully saturated rings. The van der Waals surface area contributed by atoms with E-state index in [2.05, 4.69) is 4.98 Å². The van der Waals surface area contributed by atoms with Crippen LogP contribution in [0.5, 0.6) is 0 Å². The van der Waals surface area contributed by atoms with E-state index in [9.17, 15) is 14.4 Å². The van der Waals surface area contributed by atoms with E-state index in [1.165, 1.54) is 23.8 Å². The number of esters is 1. The van der Waals surface area contributed by atoms with E-state index in [0.29, 0.717) is 12.8 Å². The number of rotatable bonds is 2. The third kappa shape index (κ3) is 2.62. The maximum atomic E-state index is 11.5. The summed E-state index contributed by atoms with van der Waals surface area (Å²) in [7, 11) is 0. The molecular formula is C10H12N2O5. The van der Waals surface area contributed by atoms with E-state index in [4.69, 9.17) is 9.47 Å². The molecule has 7 nitrogen and oxygen atoms in total. The minimum Gasteiger partial charge on any atom is -0.436 e. The van der Waals surface area contributed by atoms with Crippen LogP contribution in [-0.4, -0.2) is 21.8 Å². The van der Waals surface area contributed by atoms with Crippen molar-refractivity contribution in [1.29, 1.82) is 0 Å². The lowest BCUT2D eigenvalue weighted by Gasteiger charge is -2.14. The van der Waals surface area contributed by atoms with Crippen molar-refractivity contribution < 1.29 is 14.3 Å². The topological polar surface area (TPSA) is 90.4 Å². The average molecular weight is 240 g/mol. The zero-order valence-electron chi connectivity index (χ0n) is 9.21. The summed E-state index contributed by atoms with van der Waals surface area (Å²) in [5.41, 5.74) is -0.994. The molecular weight excluding hydrogens is 228 g/mol. The largest absolute Gasteiger partial charge is 0.436 e. The molecule has 17 heavy (non-hydrogen) atoms. The van der Waals surface area contributed by atoms with E-state index in [1.54, 1.807) is 0 Å². The first-order valence-corrected chi connectivity index (χ1v) is 5.20. The van der Waals surface area contributed by atoms with Gasteiger partial charge < -0.3 is 9.47 Å². The molecule has 0 saturated carbocycles. The third-order valence-corrected chi connectivity index (χ3v) is 2.42. The Morgan fingerprint density at radius 1 is 1.53 bits per heavy atom. The molecule has 2 heterocycles. The van der Waals surface area contributed by atoms with E-state index in [-0.39, 0.29) is 0 Å². The van der Waals surface area contributed by atoms with Gasteiger partial charge in [-0.2, -0.15) is 0 Å². The number of carbonyl (C=O) groups is 1. The fourth-order valence-corrected chi connectivity index (χ4v) is 1.72. The highest BCUT2D eigenvalue weighted by Gasteiger charge is 2.29. The molecule has 1 aliphatic heterocycles.